The van der Waals surface area contributed by atoms with E-state index in [4.69, 9.17) is 0 Å². The summed E-state index contributed by atoms with van der Waals surface area (Å²) in [6, 6.07) is 11.8. The first-order chi connectivity index (χ1) is 9.69. The largest absolute Gasteiger partial charge is 0.306 e. The molecule has 0 aliphatic heterocycles. The van der Waals surface area contributed by atoms with Crippen LogP contribution < -0.4 is 5.56 Å². The van der Waals surface area contributed by atoms with E-state index in [1.54, 1.807) is 30.3 Å². The maximum absolute atomic E-state index is 13.5. The minimum atomic E-state index is -0.284. The molecule has 1 aromatic heterocycles. The Bertz CT molecular complexity index is 845. The number of rotatable bonds is 2. The molecule has 20 heavy (non-hydrogen) atoms. The van der Waals surface area contributed by atoms with Crippen LogP contribution in [0.4, 0.5) is 4.39 Å². The van der Waals surface area contributed by atoms with Crippen molar-refractivity contribution in [1.82, 2.24) is 9.97 Å². The molecule has 0 atom stereocenters. The molecule has 0 saturated heterocycles. The maximum Gasteiger partial charge on any atom is 0.259 e. The second kappa shape index (κ2) is 5.17. The van der Waals surface area contributed by atoms with Crippen molar-refractivity contribution in [3.63, 3.8) is 0 Å². The van der Waals surface area contributed by atoms with Gasteiger partial charge >= 0.3 is 0 Å². The van der Waals surface area contributed by atoms with E-state index in [-0.39, 0.29) is 11.4 Å². The number of nitrogens with one attached hydrogen (secondary N) is 1. The van der Waals surface area contributed by atoms with Crippen molar-refractivity contribution in [3.05, 3.63) is 64.2 Å². The third-order valence-corrected chi connectivity index (χ3v) is 3.68. The number of hydrogen-bond donors (Lipinski definition) is 1. The highest BCUT2D eigenvalue weighted by atomic mass is 79.9. The second-order valence-corrected chi connectivity index (χ2v) is 4.93. The Morgan fingerprint density at radius 3 is 2.80 bits per heavy atom. The zero-order chi connectivity index (χ0) is 14.1. The lowest BCUT2D eigenvalue weighted by Gasteiger charge is -2.05. The molecule has 100 valence electrons. The fourth-order valence-electron chi connectivity index (χ4n) is 2.05. The maximum atomic E-state index is 13.5. The number of aromatic nitrogens is 2. The number of aromatic amines is 1. The van der Waals surface area contributed by atoms with Gasteiger partial charge in [0.1, 0.15) is 11.6 Å². The summed E-state index contributed by atoms with van der Waals surface area (Å²) in [6.45, 7) is 0. The van der Waals surface area contributed by atoms with Crippen molar-refractivity contribution in [1.29, 1.82) is 0 Å². The molecule has 5 heteroatoms. The summed E-state index contributed by atoms with van der Waals surface area (Å²) in [7, 11) is 0. The van der Waals surface area contributed by atoms with Crippen molar-refractivity contribution in [2.45, 2.75) is 5.33 Å². The highest BCUT2D eigenvalue weighted by Crippen LogP contribution is 2.21. The summed E-state index contributed by atoms with van der Waals surface area (Å²) in [6.07, 6.45) is 0. The van der Waals surface area contributed by atoms with Gasteiger partial charge in [-0.15, -0.1) is 0 Å². The minimum Gasteiger partial charge on any atom is -0.306 e. The van der Waals surface area contributed by atoms with Crippen LogP contribution in [0.25, 0.3) is 22.3 Å². The SMILES string of the molecule is O=c1[nH]c(-c2ccc(F)c(CBr)c2)nc2ccccc12. The Balaban J connectivity index is 2.22. The summed E-state index contributed by atoms with van der Waals surface area (Å²) in [4.78, 5) is 19.2. The summed E-state index contributed by atoms with van der Waals surface area (Å²) in [5.74, 6) is 0.157. The van der Waals surface area contributed by atoms with Gasteiger partial charge in [0, 0.05) is 10.9 Å². The molecule has 0 aliphatic rings. The molecular weight excluding hydrogens is 323 g/mol. The molecule has 0 amide bonds. The highest BCUT2D eigenvalue weighted by Gasteiger charge is 2.08. The average Bonchev–Trinajstić information content (AvgIpc) is 2.47. The van der Waals surface area contributed by atoms with Crippen LogP contribution in [0.2, 0.25) is 0 Å². The molecule has 2 aromatic carbocycles. The number of benzene rings is 2. The lowest BCUT2D eigenvalue weighted by atomic mass is 10.1. The molecule has 0 radical (unpaired) electrons. The van der Waals surface area contributed by atoms with Gasteiger partial charge in [-0.3, -0.25) is 4.79 Å². The van der Waals surface area contributed by atoms with Gasteiger partial charge in [0.05, 0.1) is 10.9 Å². The van der Waals surface area contributed by atoms with Crippen LogP contribution in [-0.2, 0) is 5.33 Å². The quantitative estimate of drug-likeness (QED) is 0.728. The number of nitrogens with zero attached hydrogens (tertiary/aromatic N) is 1. The third kappa shape index (κ3) is 2.25. The molecule has 0 saturated carbocycles. The third-order valence-electron chi connectivity index (χ3n) is 3.08. The standard InChI is InChI=1S/C15H10BrFN2O/c16-8-10-7-9(5-6-12(10)17)14-18-13-4-2-1-3-11(13)15(20)19-14/h1-7H,8H2,(H,18,19,20). The van der Waals surface area contributed by atoms with Gasteiger partial charge in [0.2, 0.25) is 0 Å². The smallest absolute Gasteiger partial charge is 0.259 e. The van der Waals surface area contributed by atoms with E-state index in [0.717, 1.165) is 0 Å². The normalized spacial score (nSPS) is 10.9. The number of H-pyrrole nitrogens is 1. The Labute approximate surface area is 122 Å². The van der Waals surface area contributed by atoms with Crippen LogP contribution in [0, 0.1) is 5.82 Å². The first-order valence-electron chi connectivity index (χ1n) is 6.03. The first kappa shape index (κ1) is 13.0. The lowest BCUT2D eigenvalue weighted by molar-refractivity contribution is 0.618. The van der Waals surface area contributed by atoms with Crippen LogP contribution in [0.15, 0.2) is 47.3 Å². The van der Waals surface area contributed by atoms with Crippen molar-refractivity contribution in [2.75, 3.05) is 0 Å². The average molecular weight is 333 g/mol. The van der Waals surface area contributed by atoms with E-state index in [1.807, 2.05) is 6.07 Å². The molecule has 1 N–H and O–H groups in total. The molecule has 3 rings (SSSR count). The Morgan fingerprint density at radius 2 is 2.00 bits per heavy atom. The summed E-state index contributed by atoms with van der Waals surface area (Å²) in [5, 5.41) is 0.948. The van der Waals surface area contributed by atoms with Crippen LogP contribution in [0.5, 0.6) is 0 Å². The lowest BCUT2D eigenvalue weighted by Crippen LogP contribution is -2.09. The Morgan fingerprint density at radius 1 is 1.20 bits per heavy atom. The van der Waals surface area contributed by atoms with Crippen molar-refractivity contribution < 1.29 is 4.39 Å². The summed E-state index contributed by atoms with van der Waals surface area (Å²) >= 11 is 3.24. The fraction of sp³-hybridized carbons (Fsp3) is 0.0667. The second-order valence-electron chi connectivity index (χ2n) is 4.37. The molecular formula is C15H10BrFN2O. The van der Waals surface area contributed by atoms with Crippen LogP contribution in [0.1, 0.15) is 5.56 Å². The number of alkyl halides is 1. The van der Waals surface area contributed by atoms with E-state index in [2.05, 4.69) is 25.9 Å². The molecule has 0 aliphatic carbocycles. The zero-order valence-electron chi connectivity index (χ0n) is 10.4. The number of para-hydroxylation sites is 1. The molecule has 3 aromatic rings. The number of halogens is 2. The van der Waals surface area contributed by atoms with E-state index in [1.165, 1.54) is 6.07 Å². The van der Waals surface area contributed by atoms with Gasteiger partial charge in [-0.05, 0) is 35.9 Å². The van der Waals surface area contributed by atoms with E-state index in [0.29, 0.717) is 33.2 Å². The van der Waals surface area contributed by atoms with Gasteiger partial charge < -0.3 is 4.98 Å². The molecule has 0 unspecified atom stereocenters. The molecule has 0 bridgehead atoms. The summed E-state index contributed by atoms with van der Waals surface area (Å²) in [5.41, 5.74) is 1.63. The Kier molecular flexibility index (Phi) is 3.36. The molecule has 0 fully saturated rings. The van der Waals surface area contributed by atoms with Gasteiger partial charge in [0.15, 0.2) is 0 Å². The molecule has 1 heterocycles. The number of hydrogen-bond acceptors (Lipinski definition) is 2. The van der Waals surface area contributed by atoms with E-state index >= 15 is 0 Å². The van der Waals surface area contributed by atoms with Crippen LogP contribution >= 0.6 is 15.9 Å². The fourth-order valence-corrected chi connectivity index (χ4v) is 2.48. The highest BCUT2D eigenvalue weighted by molar-refractivity contribution is 9.08. The molecule has 0 spiro atoms. The monoisotopic (exact) mass is 332 g/mol. The zero-order valence-corrected chi connectivity index (χ0v) is 11.9. The van der Waals surface area contributed by atoms with Gasteiger partial charge in [0.25, 0.3) is 5.56 Å². The van der Waals surface area contributed by atoms with Crippen molar-refractivity contribution in [2.24, 2.45) is 0 Å². The van der Waals surface area contributed by atoms with Gasteiger partial charge in [-0.25, -0.2) is 9.37 Å². The predicted molar refractivity (Wildman–Crippen MR) is 80.4 cm³/mol. The Hall–Kier alpha value is -2.01. The van der Waals surface area contributed by atoms with Gasteiger partial charge in [-0.1, -0.05) is 28.1 Å². The van der Waals surface area contributed by atoms with Crippen LogP contribution in [-0.4, -0.2) is 9.97 Å². The van der Waals surface area contributed by atoms with Crippen molar-refractivity contribution in [3.8, 4) is 11.4 Å². The predicted octanol–water partition coefficient (Wildman–Crippen LogP) is 3.62. The minimum absolute atomic E-state index is 0.199. The van der Waals surface area contributed by atoms with E-state index in [9.17, 15) is 9.18 Å². The van der Waals surface area contributed by atoms with Crippen LogP contribution in [0.3, 0.4) is 0 Å². The van der Waals surface area contributed by atoms with Crippen molar-refractivity contribution >= 4 is 26.8 Å². The molecule has 3 nitrogen and oxygen atoms in total. The van der Waals surface area contributed by atoms with E-state index < -0.39 is 0 Å². The number of fused-ring (bicyclic) bond motifs is 1. The first-order valence-corrected chi connectivity index (χ1v) is 7.15. The summed E-state index contributed by atoms with van der Waals surface area (Å²) < 4.78 is 13.5. The van der Waals surface area contributed by atoms with Gasteiger partial charge in [-0.2, -0.15) is 0 Å². The topological polar surface area (TPSA) is 45.8 Å².